The van der Waals surface area contributed by atoms with Gasteiger partial charge in [0.25, 0.3) is 0 Å². The van der Waals surface area contributed by atoms with Crippen molar-refractivity contribution >= 4 is 11.6 Å². The Hall–Kier alpha value is -2.27. The van der Waals surface area contributed by atoms with Gasteiger partial charge >= 0.3 is 0 Å². The summed E-state index contributed by atoms with van der Waals surface area (Å²) in [5.74, 6) is 1.95. The minimum absolute atomic E-state index is 0.253. The lowest BCUT2D eigenvalue weighted by atomic mass is 10.1. The number of furan rings is 1. The average molecular weight is 353 g/mol. The number of nitrogens with zero attached hydrogens (tertiary/aromatic N) is 2. The van der Waals surface area contributed by atoms with Gasteiger partial charge in [0, 0.05) is 31.8 Å². The molecule has 2 aliphatic rings. The van der Waals surface area contributed by atoms with E-state index in [9.17, 15) is 0 Å². The number of para-hydroxylation sites is 1. The Balaban J connectivity index is 1.45. The molecular weight excluding hydrogens is 326 g/mol. The van der Waals surface area contributed by atoms with E-state index in [1.807, 2.05) is 12.1 Å². The third kappa shape index (κ3) is 4.10. The van der Waals surface area contributed by atoms with E-state index in [-0.39, 0.29) is 6.10 Å². The smallest absolute Gasteiger partial charge is 0.198 e. The summed E-state index contributed by atoms with van der Waals surface area (Å²) in [6, 6.07) is 12.5. The van der Waals surface area contributed by atoms with Gasteiger partial charge in [0.05, 0.1) is 18.9 Å². The molecule has 2 aliphatic heterocycles. The van der Waals surface area contributed by atoms with Crippen LogP contribution in [-0.4, -0.2) is 38.3 Å². The van der Waals surface area contributed by atoms with Crippen molar-refractivity contribution < 1.29 is 9.15 Å². The van der Waals surface area contributed by atoms with Crippen molar-refractivity contribution in [3.05, 3.63) is 54.0 Å². The molecule has 0 aliphatic carbocycles. The lowest BCUT2D eigenvalue weighted by Crippen LogP contribution is -2.42. The van der Waals surface area contributed by atoms with E-state index < -0.39 is 0 Å². The van der Waals surface area contributed by atoms with Crippen molar-refractivity contribution in [2.45, 2.75) is 38.2 Å². The van der Waals surface area contributed by atoms with Crippen LogP contribution >= 0.6 is 0 Å². The van der Waals surface area contributed by atoms with Crippen LogP contribution in [-0.2, 0) is 17.6 Å². The molecule has 1 N–H and O–H groups in total. The second-order valence-electron chi connectivity index (χ2n) is 6.94. The number of rotatable bonds is 5. The Bertz CT molecular complexity index is 721. The van der Waals surface area contributed by atoms with E-state index >= 15 is 0 Å². The standard InChI is InChI=1S/C21H27N3O2/c1-2-9-20-17(6-1)11-13-24(20)21(22-12-10-18-8-5-15-25-18)23-16-19-7-3-4-14-26-19/h1-2,5-6,8-9,15,19H,3-4,7,10-14,16H2,(H,22,23). The van der Waals surface area contributed by atoms with Gasteiger partial charge in [-0.2, -0.15) is 0 Å². The van der Waals surface area contributed by atoms with E-state index in [2.05, 4.69) is 34.5 Å². The quantitative estimate of drug-likeness (QED) is 0.661. The topological polar surface area (TPSA) is 50.0 Å². The van der Waals surface area contributed by atoms with Gasteiger partial charge in [0.2, 0.25) is 0 Å². The molecule has 0 saturated carbocycles. The molecule has 1 fully saturated rings. The summed E-state index contributed by atoms with van der Waals surface area (Å²) in [4.78, 5) is 7.23. The second kappa shape index (κ2) is 8.41. The number of hydrogen-bond acceptors (Lipinski definition) is 3. The molecule has 0 radical (unpaired) electrons. The van der Waals surface area contributed by atoms with Crippen LogP contribution in [0.4, 0.5) is 5.69 Å². The van der Waals surface area contributed by atoms with E-state index in [0.717, 1.165) is 57.2 Å². The number of hydrogen-bond donors (Lipinski definition) is 1. The molecule has 4 rings (SSSR count). The van der Waals surface area contributed by atoms with Crippen molar-refractivity contribution in [1.29, 1.82) is 0 Å². The number of guanidine groups is 1. The highest BCUT2D eigenvalue weighted by Gasteiger charge is 2.23. The number of fused-ring (bicyclic) bond motifs is 1. The molecule has 0 amide bonds. The number of ether oxygens (including phenoxy) is 1. The first-order valence-corrected chi connectivity index (χ1v) is 9.68. The molecule has 1 aromatic heterocycles. The fraction of sp³-hybridized carbons (Fsp3) is 0.476. The zero-order valence-electron chi connectivity index (χ0n) is 15.2. The normalized spacial score (nSPS) is 20.2. The Morgan fingerprint density at radius 1 is 1.19 bits per heavy atom. The number of aliphatic imine (C=N–C) groups is 1. The predicted octanol–water partition coefficient (Wildman–Crippen LogP) is 3.40. The predicted molar refractivity (Wildman–Crippen MR) is 104 cm³/mol. The molecule has 1 aromatic carbocycles. The first kappa shape index (κ1) is 17.2. The van der Waals surface area contributed by atoms with Crippen molar-refractivity contribution in [1.82, 2.24) is 5.32 Å². The van der Waals surface area contributed by atoms with Gasteiger partial charge in [-0.25, -0.2) is 0 Å². The highest BCUT2D eigenvalue weighted by Crippen LogP contribution is 2.27. The lowest BCUT2D eigenvalue weighted by Gasteiger charge is -2.25. The maximum atomic E-state index is 5.86. The molecule has 1 saturated heterocycles. The SMILES string of the molecule is c1coc(CCNC(=NCC2CCCCO2)N2CCc3ccccc32)c1. The molecule has 2 aromatic rings. The van der Waals surface area contributed by atoms with Gasteiger partial charge in [0.1, 0.15) is 5.76 Å². The van der Waals surface area contributed by atoms with Crippen LogP contribution in [0.25, 0.3) is 0 Å². The summed E-state index contributed by atoms with van der Waals surface area (Å²) in [7, 11) is 0. The van der Waals surface area contributed by atoms with Gasteiger partial charge in [-0.05, 0) is 49.4 Å². The number of benzene rings is 1. The third-order valence-corrected chi connectivity index (χ3v) is 5.10. The van der Waals surface area contributed by atoms with Crippen LogP contribution < -0.4 is 10.2 Å². The molecule has 5 nitrogen and oxygen atoms in total. The van der Waals surface area contributed by atoms with Crippen LogP contribution in [0.2, 0.25) is 0 Å². The first-order chi connectivity index (χ1) is 12.9. The highest BCUT2D eigenvalue weighted by molar-refractivity contribution is 5.98. The van der Waals surface area contributed by atoms with E-state index in [4.69, 9.17) is 14.1 Å². The van der Waals surface area contributed by atoms with Gasteiger partial charge < -0.3 is 19.4 Å². The zero-order valence-corrected chi connectivity index (χ0v) is 15.2. The number of nitrogens with one attached hydrogen (secondary N) is 1. The molecule has 138 valence electrons. The summed E-state index contributed by atoms with van der Waals surface area (Å²) in [5.41, 5.74) is 2.66. The molecule has 1 atom stereocenters. The van der Waals surface area contributed by atoms with E-state index in [0.29, 0.717) is 0 Å². The molecule has 5 heteroatoms. The minimum atomic E-state index is 0.253. The van der Waals surface area contributed by atoms with Crippen molar-refractivity contribution in [2.24, 2.45) is 4.99 Å². The molecule has 3 heterocycles. The average Bonchev–Trinajstić information content (AvgIpc) is 3.35. The lowest BCUT2D eigenvalue weighted by molar-refractivity contribution is 0.0224. The molecule has 26 heavy (non-hydrogen) atoms. The third-order valence-electron chi connectivity index (χ3n) is 5.10. The Morgan fingerprint density at radius 3 is 3.00 bits per heavy atom. The van der Waals surface area contributed by atoms with Crippen LogP contribution in [0, 0.1) is 0 Å². The Labute approximate surface area is 155 Å². The van der Waals surface area contributed by atoms with Gasteiger partial charge in [0.15, 0.2) is 5.96 Å². The van der Waals surface area contributed by atoms with Gasteiger partial charge in [-0.3, -0.25) is 4.99 Å². The summed E-state index contributed by atoms with van der Waals surface area (Å²) in [6.07, 6.45) is 7.42. The molecule has 0 spiro atoms. The summed E-state index contributed by atoms with van der Waals surface area (Å²) >= 11 is 0. The van der Waals surface area contributed by atoms with Crippen molar-refractivity contribution in [3.8, 4) is 0 Å². The second-order valence-corrected chi connectivity index (χ2v) is 6.94. The maximum Gasteiger partial charge on any atom is 0.198 e. The van der Waals surface area contributed by atoms with Gasteiger partial charge in [-0.1, -0.05) is 18.2 Å². The fourth-order valence-corrected chi connectivity index (χ4v) is 3.69. The van der Waals surface area contributed by atoms with Crippen LogP contribution in [0.15, 0.2) is 52.1 Å². The molecule has 0 bridgehead atoms. The monoisotopic (exact) mass is 353 g/mol. The van der Waals surface area contributed by atoms with Crippen LogP contribution in [0.1, 0.15) is 30.6 Å². The van der Waals surface area contributed by atoms with Crippen molar-refractivity contribution in [3.63, 3.8) is 0 Å². The highest BCUT2D eigenvalue weighted by atomic mass is 16.5. The summed E-state index contributed by atoms with van der Waals surface area (Å²) in [5, 5.41) is 3.54. The molecular formula is C21H27N3O2. The summed E-state index contributed by atoms with van der Waals surface area (Å²) in [6.45, 7) is 3.36. The minimum Gasteiger partial charge on any atom is -0.469 e. The maximum absolute atomic E-state index is 5.86. The van der Waals surface area contributed by atoms with Crippen molar-refractivity contribution in [2.75, 3.05) is 31.1 Å². The fourth-order valence-electron chi connectivity index (χ4n) is 3.69. The number of anilines is 1. The molecule has 1 unspecified atom stereocenters. The van der Waals surface area contributed by atoms with E-state index in [1.54, 1.807) is 6.26 Å². The Morgan fingerprint density at radius 2 is 2.15 bits per heavy atom. The Kier molecular flexibility index (Phi) is 5.55. The largest absolute Gasteiger partial charge is 0.469 e. The van der Waals surface area contributed by atoms with Crippen LogP contribution in [0.5, 0.6) is 0 Å². The zero-order chi connectivity index (χ0) is 17.6. The van der Waals surface area contributed by atoms with Gasteiger partial charge in [-0.15, -0.1) is 0 Å². The van der Waals surface area contributed by atoms with E-state index in [1.165, 1.54) is 24.1 Å². The first-order valence-electron chi connectivity index (χ1n) is 9.68. The summed E-state index contributed by atoms with van der Waals surface area (Å²) < 4.78 is 11.3. The van der Waals surface area contributed by atoms with Crippen LogP contribution in [0.3, 0.4) is 0 Å².